The van der Waals surface area contributed by atoms with Crippen LogP contribution in [0.4, 0.5) is 0 Å². The summed E-state index contributed by atoms with van der Waals surface area (Å²) in [7, 11) is -4.73. The average Bonchev–Trinajstić information content (AvgIpc) is 2.63. The van der Waals surface area contributed by atoms with Crippen LogP contribution in [0.3, 0.4) is 0 Å². The van der Waals surface area contributed by atoms with Crippen LogP contribution in [0, 0.1) is 0 Å². The first kappa shape index (κ1) is 31.3. The summed E-state index contributed by atoms with van der Waals surface area (Å²) in [6.07, 6.45) is 11.3. The van der Waals surface area contributed by atoms with E-state index < -0.39 is 33.7 Å². The summed E-state index contributed by atoms with van der Waals surface area (Å²) in [5.74, 6) is -1.93. The van der Waals surface area contributed by atoms with E-state index >= 15 is 0 Å². The van der Waals surface area contributed by atoms with E-state index in [0.29, 0.717) is 12.8 Å². The van der Waals surface area contributed by atoms with Crippen LogP contribution in [0.25, 0.3) is 0 Å². The predicted octanol–water partition coefficient (Wildman–Crippen LogP) is 4.28. The first-order chi connectivity index (χ1) is 13.3. The Bertz CT molecular complexity index is 534. The van der Waals surface area contributed by atoms with Gasteiger partial charge >= 0.3 is 49.7 Å². The van der Waals surface area contributed by atoms with E-state index in [2.05, 4.69) is 13.8 Å². The van der Waals surface area contributed by atoms with Gasteiger partial charge in [0, 0.05) is 0 Å². The molecule has 0 heterocycles. The quantitative estimate of drug-likeness (QED) is 0.140. The zero-order valence-corrected chi connectivity index (χ0v) is 21.2. The van der Waals surface area contributed by atoms with Crippen LogP contribution in [0.2, 0.25) is 0 Å². The van der Waals surface area contributed by atoms with Gasteiger partial charge in [0.1, 0.15) is 0 Å². The fourth-order valence-electron chi connectivity index (χ4n) is 2.74. The molecule has 7 nitrogen and oxygen atoms in total. The maximum absolute atomic E-state index is 12.0. The molecule has 0 fully saturated rings. The molecule has 0 amide bonds. The minimum Gasteiger partial charge on any atom is -1.00 e. The largest absolute Gasteiger partial charge is 2.00 e. The topological polar surface area (TPSA) is 107 Å². The molecule has 1 N–H and O–H groups in total. The van der Waals surface area contributed by atoms with Crippen LogP contribution in [-0.4, -0.2) is 81.1 Å². The maximum Gasteiger partial charge on any atom is 2.00 e. The number of carbonyl (C=O) groups excluding carboxylic acids is 2. The van der Waals surface area contributed by atoms with Crippen molar-refractivity contribution in [1.82, 2.24) is 0 Å². The monoisotopic (exact) mass is 464 g/mol. The molecule has 0 rings (SSSR count). The molecule has 0 saturated heterocycles. The Morgan fingerprint density at radius 1 is 0.793 bits per heavy atom. The SMILES string of the molecule is CCCCCCCCOC(=O)CC(C(=O)OCCCCCCCC)S(=O)(=O)O.[Ca+2].[H-].[H-]. The number of esters is 2. The Labute approximate surface area is 209 Å². The number of unbranched alkanes of at least 4 members (excludes halogenated alkanes) is 10. The molecule has 1 atom stereocenters. The molecule has 0 aliphatic heterocycles. The molecule has 0 bridgehead atoms. The molecule has 0 aromatic carbocycles. The third-order valence-corrected chi connectivity index (χ3v) is 5.56. The van der Waals surface area contributed by atoms with Gasteiger partial charge in [-0.15, -0.1) is 0 Å². The number of carbonyl (C=O) groups is 2. The Kier molecular flexibility index (Phi) is 21.6. The van der Waals surface area contributed by atoms with Gasteiger partial charge in [0.25, 0.3) is 10.1 Å². The second-order valence-electron chi connectivity index (χ2n) is 7.13. The smallest absolute Gasteiger partial charge is 1.00 e. The predicted molar refractivity (Wildman–Crippen MR) is 117 cm³/mol. The molecule has 1 unspecified atom stereocenters. The Hall–Kier alpha value is 0.110. The Morgan fingerprint density at radius 2 is 1.21 bits per heavy atom. The second kappa shape index (κ2) is 20.0. The molecule has 0 saturated carbocycles. The van der Waals surface area contributed by atoms with Gasteiger partial charge in [0.05, 0.1) is 19.6 Å². The number of hydrogen-bond acceptors (Lipinski definition) is 6. The number of hydrogen-bond donors (Lipinski definition) is 1. The van der Waals surface area contributed by atoms with Crippen molar-refractivity contribution in [3.05, 3.63) is 0 Å². The minimum absolute atomic E-state index is 0. The molecular weight excluding hydrogens is 424 g/mol. The van der Waals surface area contributed by atoms with E-state index in [4.69, 9.17) is 9.47 Å². The second-order valence-corrected chi connectivity index (χ2v) is 8.73. The summed E-state index contributed by atoms with van der Waals surface area (Å²) >= 11 is 0. The Morgan fingerprint density at radius 3 is 1.66 bits per heavy atom. The van der Waals surface area contributed by atoms with E-state index in [1.54, 1.807) is 0 Å². The first-order valence-electron chi connectivity index (χ1n) is 10.6. The Balaban J connectivity index is -0.00000121. The summed E-state index contributed by atoms with van der Waals surface area (Å²) in [5.41, 5.74) is 0. The molecule has 0 radical (unpaired) electrons. The van der Waals surface area contributed by atoms with Crippen molar-refractivity contribution in [1.29, 1.82) is 0 Å². The molecule has 0 aromatic heterocycles. The van der Waals surface area contributed by atoms with Gasteiger partial charge in [0.2, 0.25) is 0 Å². The van der Waals surface area contributed by atoms with E-state index in [9.17, 15) is 22.6 Å². The summed E-state index contributed by atoms with van der Waals surface area (Å²) in [5, 5.41) is -1.93. The van der Waals surface area contributed by atoms with Crippen LogP contribution in [-0.2, 0) is 29.2 Å². The van der Waals surface area contributed by atoms with Crippen molar-refractivity contribution >= 4 is 59.8 Å². The molecule has 0 spiro atoms. The summed E-state index contributed by atoms with van der Waals surface area (Å²) in [6.45, 7) is 4.50. The van der Waals surface area contributed by atoms with Gasteiger partial charge in [-0.2, -0.15) is 8.42 Å². The van der Waals surface area contributed by atoms with Gasteiger partial charge in [-0.1, -0.05) is 78.1 Å². The van der Waals surface area contributed by atoms with Crippen LogP contribution >= 0.6 is 0 Å². The first-order valence-corrected chi connectivity index (χ1v) is 12.1. The van der Waals surface area contributed by atoms with Crippen molar-refractivity contribution in [3.63, 3.8) is 0 Å². The molecule has 170 valence electrons. The normalized spacial score (nSPS) is 12.1. The van der Waals surface area contributed by atoms with E-state index in [0.717, 1.165) is 57.8 Å². The molecule has 0 aliphatic rings. The van der Waals surface area contributed by atoms with Gasteiger partial charge in [-0.3, -0.25) is 14.1 Å². The molecule has 29 heavy (non-hydrogen) atoms. The maximum atomic E-state index is 12.0. The van der Waals surface area contributed by atoms with Crippen LogP contribution in [0.5, 0.6) is 0 Å². The summed E-state index contributed by atoms with van der Waals surface area (Å²) in [4.78, 5) is 23.8. The average molecular weight is 465 g/mol. The van der Waals surface area contributed by atoms with Gasteiger partial charge < -0.3 is 12.3 Å². The number of rotatable bonds is 18. The van der Waals surface area contributed by atoms with Crippen LogP contribution in [0.1, 0.15) is 100 Å². The fraction of sp³-hybridized carbons (Fsp3) is 0.900. The number of ether oxygens (including phenoxy) is 2. The molecule has 0 aliphatic carbocycles. The van der Waals surface area contributed by atoms with Crippen molar-refractivity contribution in [2.24, 2.45) is 0 Å². The minimum atomic E-state index is -4.73. The van der Waals surface area contributed by atoms with Crippen molar-refractivity contribution in [2.75, 3.05) is 13.2 Å². The van der Waals surface area contributed by atoms with Gasteiger partial charge in [-0.25, -0.2) is 0 Å². The zero-order valence-electron chi connectivity index (χ0n) is 20.2. The van der Waals surface area contributed by atoms with Crippen LogP contribution in [0.15, 0.2) is 0 Å². The zero-order chi connectivity index (χ0) is 21.3. The molecule has 9 heteroatoms. The molecular formula is C20H40CaO7S. The van der Waals surface area contributed by atoms with Crippen LogP contribution < -0.4 is 0 Å². The van der Waals surface area contributed by atoms with E-state index in [1.807, 2.05) is 0 Å². The molecule has 0 aromatic rings. The van der Waals surface area contributed by atoms with Crippen molar-refractivity contribution in [2.45, 2.75) is 103 Å². The third-order valence-electron chi connectivity index (χ3n) is 4.48. The van der Waals surface area contributed by atoms with Crippen molar-refractivity contribution < 1.29 is 34.9 Å². The van der Waals surface area contributed by atoms with E-state index in [1.165, 1.54) is 6.42 Å². The standard InChI is InChI=1S/C20H38O7S.Ca.2H/c1-3-5-7-9-11-13-15-26-19(21)17-18(28(23,24)25)20(22)27-16-14-12-10-8-6-4-2;;;/h18H,3-17H2,1-2H3,(H,23,24,25);;;/q;+2;2*-1. The van der Waals surface area contributed by atoms with Crippen molar-refractivity contribution in [3.8, 4) is 0 Å². The van der Waals surface area contributed by atoms with Gasteiger partial charge in [-0.05, 0) is 12.8 Å². The summed E-state index contributed by atoms with van der Waals surface area (Å²) in [6, 6.07) is 0. The van der Waals surface area contributed by atoms with Gasteiger partial charge in [0.15, 0.2) is 5.25 Å². The fourth-order valence-corrected chi connectivity index (χ4v) is 3.39. The summed E-state index contributed by atoms with van der Waals surface area (Å²) < 4.78 is 42.0. The third kappa shape index (κ3) is 18.6. The van der Waals surface area contributed by atoms with E-state index in [-0.39, 0.29) is 53.8 Å².